The molecule has 0 saturated carbocycles. The molecule has 0 bridgehead atoms. The van der Waals surface area contributed by atoms with Crippen molar-refractivity contribution in [2.45, 2.75) is 19.4 Å². The average molecular weight is 129 g/mol. The quantitative estimate of drug-likeness (QED) is 0.526. The van der Waals surface area contributed by atoms with Crippen molar-refractivity contribution >= 4 is 9.04 Å². The van der Waals surface area contributed by atoms with E-state index >= 15 is 0 Å². The molecule has 0 rings (SSSR count). The van der Waals surface area contributed by atoms with Gasteiger partial charge in [-0.05, 0) is 6.04 Å². The van der Waals surface area contributed by atoms with Gasteiger partial charge < -0.3 is 4.43 Å². The summed E-state index contributed by atoms with van der Waals surface area (Å²) in [6.07, 6.45) is 1.20. The Morgan fingerprint density at radius 1 is 1.75 bits per heavy atom. The third-order valence-electron chi connectivity index (χ3n) is 0.986. The van der Waals surface area contributed by atoms with Crippen molar-refractivity contribution in [1.82, 2.24) is 0 Å². The van der Waals surface area contributed by atoms with Crippen LogP contribution in [0.25, 0.3) is 0 Å². The van der Waals surface area contributed by atoms with E-state index in [1.807, 2.05) is 5.70 Å². The maximum absolute atomic E-state index is 5.12. The van der Waals surface area contributed by atoms with Crippen molar-refractivity contribution in [1.29, 1.82) is 0 Å². The Balaban J connectivity index is 3.21. The SMILES string of the molecule is C=C[Si](CCC)OC. The highest BCUT2D eigenvalue weighted by Gasteiger charge is 2.01. The topological polar surface area (TPSA) is 9.23 Å². The minimum atomic E-state index is -0.610. The fraction of sp³-hybridized carbons (Fsp3) is 0.667. The monoisotopic (exact) mass is 129 g/mol. The van der Waals surface area contributed by atoms with Gasteiger partial charge >= 0.3 is 0 Å². The van der Waals surface area contributed by atoms with Gasteiger partial charge in [-0.3, -0.25) is 0 Å². The molecule has 0 saturated heterocycles. The number of hydrogen-bond acceptors (Lipinski definition) is 1. The maximum Gasteiger partial charge on any atom is 0.238 e. The van der Waals surface area contributed by atoms with Crippen LogP contribution in [0.3, 0.4) is 0 Å². The molecule has 0 amide bonds. The highest BCUT2D eigenvalue weighted by atomic mass is 28.3. The van der Waals surface area contributed by atoms with Crippen molar-refractivity contribution in [3.05, 3.63) is 12.3 Å². The molecule has 0 fully saturated rings. The highest BCUT2D eigenvalue weighted by Crippen LogP contribution is 1.96. The van der Waals surface area contributed by atoms with E-state index in [9.17, 15) is 0 Å². The Morgan fingerprint density at radius 3 is 2.50 bits per heavy atom. The van der Waals surface area contributed by atoms with Crippen LogP contribution in [-0.4, -0.2) is 16.2 Å². The van der Waals surface area contributed by atoms with Crippen molar-refractivity contribution in [3.63, 3.8) is 0 Å². The summed E-state index contributed by atoms with van der Waals surface area (Å²) in [7, 11) is 1.15. The molecular weight excluding hydrogens is 116 g/mol. The van der Waals surface area contributed by atoms with Crippen LogP contribution in [0, 0.1) is 0 Å². The first-order chi connectivity index (χ1) is 3.85. The zero-order chi connectivity index (χ0) is 6.41. The highest BCUT2D eigenvalue weighted by molar-refractivity contribution is 6.57. The first-order valence-electron chi connectivity index (χ1n) is 2.87. The summed E-state index contributed by atoms with van der Waals surface area (Å²) in [5.74, 6) is 0. The summed E-state index contributed by atoms with van der Waals surface area (Å²) < 4.78 is 5.12. The van der Waals surface area contributed by atoms with Gasteiger partial charge in [0.25, 0.3) is 0 Å². The lowest BCUT2D eigenvalue weighted by molar-refractivity contribution is 0.427. The molecule has 0 aromatic heterocycles. The Bertz CT molecular complexity index is 63.5. The molecule has 0 heterocycles. The van der Waals surface area contributed by atoms with Gasteiger partial charge in [-0.2, -0.15) is 0 Å². The molecule has 1 radical (unpaired) electrons. The van der Waals surface area contributed by atoms with Crippen molar-refractivity contribution in [2.75, 3.05) is 7.11 Å². The maximum atomic E-state index is 5.12. The molecule has 0 unspecified atom stereocenters. The Kier molecular flexibility index (Phi) is 5.01. The summed E-state index contributed by atoms with van der Waals surface area (Å²) in [6, 6.07) is 1.19. The van der Waals surface area contributed by atoms with E-state index in [2.05, 4.69) is 13.5 Å². The molecule has 0 atom stereocenters. The third kappa shape index (κ3) is 2.99. The first kappa shape index (κ1) is 7.92. The molecule has 0 aliphatic carbocycles. The van der Waals surface area contributed by atoms with E-state index in [1.54, 1.807) is 7.11 Å². The molecule has 0 spiro atoms. The van der Waals surface area contributed by atoms with Crippen LogP contribution in [0.2, 0.25) is 6.04 Å². The standard InChI is InChI=1S/C6H13OSi/c1-4-6-8(5-2)7-3/h5H,2,4,6H2,1,3H3. The molecule has 2 heteroatoms. The van der Waals surface area contributed by atoms with E-state index in [0.717, 1.165) is 0 Å². The van der Waals surface area contributed by atoms with Gasteiger partial charge in [0, 0.05) is 7.11 Å². The molecule has 1 nitrogen and oxygen atoms in total. The second kappa shape index (κ2) is 5.06. The molecule has 0 aliphatic heterocycles. The molecule has 0 N–H and O–H groups in total. The zero-order valence-corrected chi connectivity index (χ0v) is 6.61. The lowest BCUT2D eigenvalue weighted by atomic mass is 10.6. The van der Waals surface area contributed by atoms with Crippen molar-refractivity contribution < 1.29 is 4.43 Å². The van der Waals surface area contributed by atoms with Gasteiger partial charge in [0.15, 0.2) is 0 Å². The van der Waals surface area contributed by atoms with Crippen LogP contribution in [-0.2, 0) is 4.43 Å². The van der Waals surface area contributed by atoms with Crippen LogP contribution < -0.4 is 0 Å². The predicted molar refractivity (Wildman–Crippen MR) is 38.1 cm³/mol. The van der Waals surface area contributed by atoms with Gasteiger partial charge in [0.1, 0.15) is 0 Å². The third-order valence-corrected chi connectivity index (χ3v) is 2.96. The average Bonchev–Trinajstić information content (AvgIpc) is 1.83. The van der Waals surface area contributed by atoms with E-state index in [1.165, 1.54) is 12.5 Å². The lowest BCUT2D eigenvalue weighted by Crippen LogP contribution is -2.10. The predicted octanol–water partition coefficient (Wildman–Crippen LogP) is 1.76. The molecule has 0 aromatic rings. The number of rotatable bonds is 4. The van der Waals surface area contributed by atoms with E-state index in [0.29, 0.717) is 0 Å². The molecular formula is C6H13OSi. The van der Waals surface area contributed by atoms with Crippen molar-refractivity contribution in [2.24, 2.45) is 0 Å². The number of hydrogen-bond donors (Lipinski definition) is 0. The zero-order valence-electron chi connectivity index (χ0n) is 5.61. The van der Waals surface area contributed by atoms with Gasteiger partial charge in [-0.25, -0.2) is 0 Å². The summed E-state index contributed by atoms with van der Waals surface area (Å²) in [4.78, 5) is 0. The van der Waals surface area contributed by atoms with Crippen LogP contribution in [0.4, 0.5) is 0 Å². The van der Waals surface area contributed by atoms with Gasteiger partial charge in [-0.1, -0.05) is 19.0 Å². The second-order valence-electron chi connectivity index (χ2n) is 1.62. The van der Waals surface area contributed by atoms with Crippen LogP contribution in [0.5, 0.6) is 0 Å². The summed E-state index contributed by atoms with van der Waals surface area (Å²) >= 11 is 0. The van der Waals surface area contributed by atoms with E-state index < -0.39 is 9.04 Å². The molecule has 0 aliphatic rings. The lowest BCUT2D eigenvalue weighted by Gasteiger charge is -2.02. The summed E-state index contributed by atoms with van der Waals surface area (Å²) in [5.41, 5.74) is 1.94. The van der Waals surface area contributed by atoms with Gasteiger partial charge in [0.2, 0.25) is 9.04 Å². The Labute approximate surface area is 53.1 Å². The summed E-state index contributed by atoms with van der Waals surface area (Å²) in [5, 5.41) is 0. The second-order valence-corrected chi connectivity index (χ2v) is 3.87. The van der Waals surface area contributed by atoms with E-state index in [4.69, 9.17) is 4.43 Å². The first-order valence-corrected chi connectivity index (χ1v) is 4.56. The van der Waals surface area contributed by atoms with Crippen LogP contribution in [0.15, 0.2) is 12.3 Å². The van der Waals surface area contributed by atoms with Crippen molar-refractivity contribution in [3.8, 4) is 0 Å². The minimum absolute atomic E-state index is 0.610. The Morgan fingerprint density at radius 2 is 2.38 bits per heavy atom. The van der Waals surface area contributed by atoms with Crippen LogP contribution in [0.1, 0.15) is 13.3 Å². The minimum Gasteiger partial charge on any atom is -0.415 e. The largest absolute Gasteiger partial charge is 0.415 e. The molecule has 47 valence electrons. The van der Waals surface area contributed by atoms with Gasteiger partial charge in [0.05, 0.1) is 0 Å². The smallest absolute Gasteiger partial charge is 0.238 e. The Hall–Kier alpha value is -0.0831. The molecule has 8 heavy (non-hydrogen) atoms. The van der Waals surface area contributed by atoms with E-state index in [-0.39, 0.29) is 0 Å². The van der Waals surface area contributed by atoms with Crippen LogP contribution >= 0.6 is 0 Å². The molecule has 0 aromatic carbocycles. The fourth-order valence-corrected chi connectivity index (χ4v) is 1.60. The van der Waals surface area contributed by atoms with Gasteiger partial charge in [-0.15, -0.1) is 6.58 Å². The fourth-order valence-electron chi connectivity index (χ4n) is 0.534. The summed E-state index contributed by atoms with van der Waals surface area (Å²) in [6.45, 7) is 5.83. The normalized spacial score (nSPS) is 9.88.